The number of aliphatic imine (C=N–C) groups is 1. The second kappa shape index (κ2) is 3.29. The summed E-state index contributed by atoms with van der Waals surface area (Å²) in [7, 11) is 0. The van der Waals surface area contributed by atoms with Gasteiger partial charge in [-0.3, -0.25) is 4.99 Å². The number of rotatable bonds is 3. The fourth-order valence-electron chi connectivity index (χ4n) is 2.02. The third-order valence-corrected chi connectivity index (χ3v) is 3.21. The molecule has 2 unspecified atom stereocenters. The maximum absolute atomic E-state index is 5.76. The van der Waals surface area contributed by atoms with Crippen molar-refractivity contribution in [2.75, 3.05) is 19.8 Å². The molecule has 0 aromatic heterocycles. The molecule has 2 aliphatic rings. The molecule has 74 valence electrons. The lowest BCUT2D eigenvalue weighted by molar-refractivity contribution is 0.152. The van der Waals surface area contributed by atoms with Gasteiger partial charge in [-0.1, -0.05) is 13.8 Å². The van der Waals surface area contributed by atoms with Crippen molar-refractivity contribution < 1.29 is 4.74 Å². The number of nitrogens with zero attached hydrogens (tertiary/aromatic N) is 1. The average Bonchev–Trinajstić information content (AvgIpc) is 2.57. The predicted molar refractivity (Wildman–Crippen MR) is 52.6 cm³/mol. The van der Waals surface area contributed by atoms with Crippen LogP contribution < -0.4 is 5.73 Å². The Balaban J connectivity index is 1.78. The average molecular weight is 182 g/mol. The van der Waals surface area contributed by atoms with E-state index in [0.717, 1.165) is 43.3 Å². The van der Waals surface area contributed by atoms with Gasteiger partial charge < -0.3 is 10.5 Å². The summed E-state index contributed by atoms with van der Waals surface area (Å²) >= 11 is 0. The molecule has 13 heavy (non-hydrogen) atoms. The minimum atomic E-state index is 0.384. The van der Waals surface area contributed by atoms with Crippen molar-refractivity contribution in [1.82, 2.24) is 0 Å². The quantitative estimate of drug-likeness (QED) is 0.520. The zero-order valence-corrected chi connectivity index (χ0v) is 8.36. The van der Waals surface area contributed by atoms with Crippen LogP contribution >= 0.6 is 0 Å². The van der Waals surface area contributed by atoms with Crippen LogP contribution in [-0.2, 0) is 4.74 Å². The highest BCUT2D eigenvalue weighted by atomic mass is 16.5. The van der Waals surface area contributed by atoms with Crippen molar-refractivity contribution in [2.45, 2.75) is 13.8 Å². The van der Waals surface area contributed by atoms with Crippen LogP contribution in [-0.4, -0.2) is 25.6 Å². The summed E-state index contributed by atoms with van der Waals surface area (Å²) in [5.74, 6) is 3.54. The van der Waals surface area contributed by atoms with Gasteiger partial charge in [0, 0.05) is 12.5 Å². The van der Waals surface area contributed by atoms with Crippen molar-refractivity contribution in [3.05, 3.63) is 0 Å². The molecule has 1 saturated heterocycles. The number of nitrogens with two attached hydrogens (primary N) is 1. The highest BCUT2D eigenvalue weighted by Gasteiger charge is 2.53. The van der Waals surface area contributed by atoms with E-state index < -0.39 is 0 Å². The lowest BCUT2D eigenvalue weighted by Gasteiger charge is -2.04. The zero-order chi connectivity index (χ0) is 9.42. The SMILES string of the molecule is CC(C)C(N)=NCC1C2COCC12. The van der Waals surface area contributed by atoms with Crippen LogP contribution in [0, 0.1) is 23.7 Å². The molecule has 0 spiro atoms. The van der Waals surface area contributed by atoms with E-state index in [1.807, 2.05) is 0 Å². The van der Waals surface area contributed by atoms with Crippen LogP contribution in [0.25, 0.3) is 0 Å². The van der Waals surface area contributed by atoms with Crippen LogP contribution in [0.5, 0.6) is 0 Å². The van der Waals surface area contributed by atoms with Gasteiger partial charge in [0.1, 0.15) is 0 Å². The first kappa shape index (κ1) is 9.00. The number of ether oxygens (including phenoxy) is 1. The van der Waals surface area contributed by atoms with E-state index in [9.17, 15) is 0 Å². The molecule has 3 heteroatoms. The summed E-state index contributed by atoms with van der Waals surface area (Å²) in [4.78, 5) is 4.41. The normalized spacial score (nSPS) is 38.1. The van der Waals surface area contributed by atoms with Crippen molar-refractivity contribution in [1.29, 1.82) is 0 Å². The van der Waals surface area contributed by atoms with Gasteiger partial charge in [0.15, 0.2) is 0 Å². The number of fused-ring (bicyclic) bond motifs is 1. The van der Waals surface area contributed by atoms with Gasteiger partial charge in [-0.05, 0) is 17.8 Å². The van der Waals surface area contributed by atoms with Gasteiger partial charge in [-0.25, -0.2) is 0 Å². The molecular weight excluding hydrogens is 164 g/mol. The van der Waals surface area contributed by atoms with Crippen LogP contribution in [0.15, 0.2) is 4.99 Å². The van der Waals surface area contributed by atoms with Gasteiger partial charge in [0.2, 0.25) is 0 Å². The lowest BCUT2D eigenvalue weighted by Crippen LogP contribution is -2.19. The molecular formula is C10H18N2O. The second-order valence-electron chi connectivity index (χ2n) is 4.45. The van der Waals surface area contributed by atoms with Gasteiger partial charge in [-0.2, -0.15) is 0 Å². The summed E-state index contributed by atoms with van der Waals surface area (Å²) in [6.45, 7) is 6.98. The molecule has 2 N–H and O–H groups in total. The Bertz CT molecular complexity index is 215. The maximum Gasteiger partial charge on any atom is 0.0962 e. The largest absolute Gasteiger partial charge is 0.387 e. The van der Waals surface area contributed by atoms with E-state index in [1.165, 1.54) is 0 Å². The Morgan fingerprint density at radius 2 is 2.08 bits per heavy atom. The van der Waals surface area contributed by atoms with E-state index in [4.69, 9.17) is 10.5 Å². The molecule has 2 atom stereocenters. The smallest absolute Gasteiger partial charge is 0.0962 e. The van der Waals surface area contributed by atoms with Crippen LogP contribution in [0.4, 0.5) is 0 Å². The van der Waals surface area contributed by atoms with Gasteiger partial charge in [0.25, 0.3) is 0 Å². The van der Waals surface area contributed by atoms with E-state index >= 15 is 0 Å². The molecule has 0 aromatic rings. The highest BCUT2D eigenvalue weighted by Crippen LogP contribution is 2.50. The zero-order valence-electron chi connectivity index (χ0n) is 8.36. The molecule has 1 saturated carbocycles. The number of amidine groups is 1. The van der Waals surface area contributed by atoms with Crippen molar-refractivity contribution in [3.8, 4) is 0 Å². The first-order valence-electron chi connectivity index (χ1n) is 5.07. The minimum Gasteiger partial charge on any atom is -0.387 e. The second-order valence-corrected chi connectivity index (χ2v) is 4.45. The summed E-state index contributed by atoms with van der Waals surface area (Å²) in [6.07, 6.45) is 0. The lowest BCUT2D eigenvalue weighted by atomic mass is 10.2. The number of hydrogen-bond donors (Lipinski definition) is 1. The molecule has 0 bridgehead atoms. The third kappa shape index (κ3) is 1.70. The Morgan fingerprint density at radius 3 is 2.62 bits per heavy atom. The topological polar surface area (TPSA) is 47.6 Å². The molecule has 1 heterocycles. The molecule has 0 aromatic carbocycles. The Morgan fingerprint density at radius 1 is 1.46 bits per heavy atom. The molecule has 0 amide bonds. The Kier molecular flexibility index (Phi) is 2.28. The first-order valence-corrected chi connectivity index (χ1v) is 5.07. The molecule has 3 nitrogen and oxygen atoms in total. The summed E-state index contributed by atoms with van der Waals surface area (Å²) < 4.78 is 5.31. The Hall–Kier alpha value is -0.570. The molecule has 2 rings (SSSR count). The summed E-state index contributed by atoms with van der Waals surface area (Å²) in [6, 6.07) is 0. The Labute approximate surface area is 79.4 Å². The van der Waals surface area contributed by atoms with Gasteiger partial charge in [0.05, 0.1) is 19.0 Å². The molecule has 1 aliphatic carbocycles. The van der Waals surface area contributed by atoms with Gasteiger partial charge >= 0.3 is 0 Å². The van der Waals surface area contributed by atoms with Crippen LogP contribution in [0.1, 0.15) is 13.8 Å². The van der Waals surface area contributed by atoms with E-state index in [-0.39, 0.29) is 0 Å². The van der Waals surface area contributed by atoms with Gasteiger partial charge in [-0.15, -0.1) is 0 Å². The van der Waals surface area contributed by atoms with Crippen LogP contribution in [0.3, 0.4) is 0 Å². The predicted octanol–water partition coefficient (Wildman–Crippen LogP) is 0.892. The monoisotopic (exact) mass is 182 g/mol. The molecule has 0 radical (unpaired) electrons. The van der Waals surface area contributed by atoms with E-state index in [1.54, 1.807) is 0 Å². The third-order valence-electron chi connectivity index (χ3n) is 3.21. The van der Waals surface area contributed by atoms with E-state index in [2.05, 4.69) is 18.8 Å². The first-order chi connectivity index (χ1) is 6.20. The minimum absolute atomic E-state index is 0.384. The number of hydrogen-bond acceptors (Lipinski definition) is 2. The molecule has 2 fully saturated rings. The van der Waals surface area contributed by atoms with E-state index in [0.29, 0.717) is 5.92 Å². The summed E-state index contributed by atoms with van der Waals surface area (Å²) in [5, 5.41) is 0. The highest BCUT2D eigenvalue weighted by molar-refractivity contribution is 5.82. The van der Waals surface area contributed by atoms with Crippen molar-refractivity contribution >= 4 is 5.84 Å². The maximum atomic E-state index is 5.76. The summed E-state index contributed by atoms with van der Waals surface area (Å²) in [5.41, 5.74) is 5.76. The standard InChI is InChI=1S/C10H18N2O/c1-6(2)10(11)12-3-7-8-4-13-5-9(7)8/h6-9H,3-5H2,1-2H3,(H2,11,12). The van der Waals surface area contributed by atoms with Crippen LogP contribution in [0.2, 0.25) is 0 Å². The van der Waals surface area contributed by atoms with Crippen molar-refractivity contribution in [3.63, 3.8) is 0 Å². The van der Waals surface area contributed by atoms with Crippen molar-refractivity contribution in [2.24, 2.45) is 34.4 Å². The fraction of sp³-hybridized carbons (Fsp3) is 0.900. The molecule has 1 aliphatic heterocycles. The fourth-order valence-corrected chi connectivity index (χ4v) is 2.02.